The number of nitrogens with one attached hydrogen (secondary N) is 1. The van der Waals surface area contributed by atoms with Crippen molar-refractivity contribution in [2.75, 3.05) is 12.4 Å². The van der Waals surface area contributed by atoms with Crippen LogP contribution in [0.3, 0.4) is 0 Å². The predicted molar refractivity (Wildman–Crippen MR) is 87.3 cm³/mol. The molecule has 0 radical (unpaired) electrons. The Labute approximate surface area is 143 Å². The van der Waals surface area contributed by atoms with Gasteiger partial charge in [-0.05, 0) is 43.8 Å². The Hall–Kier alpha value is -2.05. The van der Waals surface area contributed by atoms with Gasteiger partial charge in [0, 0.05) is 11.6 Å². The van der Waals surface area contributed by atoms with E-state index in [9.17, 15) is 18.0 Å². The normalized spacial score (nSPS) is 12.3. The lowest BCUT2D eigenvalue weighted by atomic mass is 10.2. The third-order valence-electron chi connectivity index (χ3n) is 3.65. The molecule has 0 bridgehead atoms. The number of likely N-dealkylation sites (N-methyl/N-ethyl adjacent to an activating group) is 1. The highest BCUT2D eigenvalue weighted by molar-refractivity contribution is 6.30. The summed E-state index contributed by atoms with van der Waals surface area (Å²) in [6.07, 6.45) is 0. The standard InChI is InChI=1S/C17H16ClF3N2O/c1-10(23(2)9-11-4-3-5-12(18)8-11)17(24)22-14-7-6-13(19)15(20)16(14)21/h3-8,10H,9H2,1-2H3,(H,22,24). The Bertz CT molecular complexity index is 755. The number of carbonyl (C=O) groups is 1. The number of carbonyl (C=O) groups excluding carboxylic acids is 1. The number of benzene rings is 2. The highest BCUT2D eigenvalue weighted by Gasteiger charge is 2.21. The SMILES string of the molecule is CC(C(=O)Nc1ccc(F)c(F)c1F)N(C)Cc1cccc(Cl)c1. The van der Waals surface area contributed by atoms with Crippen molar-refractivity contribution >= 4 is 23.2 Å². The van der Waals surface area contributed by atoms with Gasteiger partial charge in [0.05, 0.1) is 11.7 Å². The lowest BCUT2D eigenvalue weighted by Gasteiger charge is -2.24. The van der Waals surface area contributed by atoms with Gasteiger partial charge in [0.25, 0.3) is 0 Å². The second kappa shape index (κ2) is 7.68. The Morgan fingerprint density at radius 2 is 1.92 bits per heavy atom. The van der Waals surface area contributed by atoms with E-state index < -0.39 is 35.1 Å². The average Bonchev–Trinajstić information content (AvgIpc) is 2.54. The molecule has 0 saturated carbocycles. The molecule has 2 aromatic rings. The van der Waals surface area contributed by atoms with Crippen LogP contribution in [0, 0.1) is 17.5 Å². The van der Waals surface area contributed by atoms with E-state index in [0.717, 1.165) is 17.7 Å². The van der Waals surface area contributed by atoms with Crippen molar-refractivity contribution in [3.05, 3.63) is 64.4 Å². The number of anilines is 1. The van der Waals surface area contributed by atoms with E-state index >= 15 is 0 Å². The third kappa shape index (κ3) is 4.27. The second-order valence-corrected chi connectivity index (χ2v) is 5.87. The summed E-state index contributed by atoms with van der Waals surface area (Å²) in [5, 5.41) is 2.85. The molecule has 0 aliphatic rings. The molecule has 1 N–H and O–H groups in total. The van der Waals surface area contributed by atoms with E-state index in [1.807, 2.05) is 6.07 Å². The number of hydrogen-bond donors (Lipinski definition) is 1. The molecule has 0 aromatic heterocycles. The first kappa shape index (κ1) is 18.3. The van der Waals surface area contributed by atoms with Crippen LogP contribution in [0.25, 0.3) is 0 Å². The van der Waals surface area contributed by atoms with Crippen LogP contribution in [0.4, 0.5) is 18.9 Å². The first-order valence-corrected chi connectivity index (χ1v) is 7.56. The third-order valence-corrected chi connectivity index (χ3v) is 3.89. The minimum Gasteiger partial charge on any atom is -0.322 e. The largest absolute Gasteiger partial charge is 0.322 e. The summed E-state index contributed by atoms with van der Waals surface area (Å²) in [6.45, 7) is 2.06. The van der Waals surface area contributed by atoms with Crippen LogP contribution < -0.4 is 5.32 Å². The molecule has 0 heterocycles. The highest BCUT2D eigenvalue weighted by atomic mass is 35.5. The molecule has 1 unspecified atom stereocenters. The molecule has 0 aliphatic carbocycles. The summed E-state index contributed by atoms with van der Waals surface area (Å²) >= 11 is 5.92. The lowest BCUT2D eigenvalue weighted by molar-refractivity contribution is -0.120. The first-order chi connectivity index (χ1) is 11.3. The zero-order valence-electron chi connectivity index (χ0n) is 13.1. The molecule has 0 saturated heterocycles. The van der Waals surface area contributed by atoms with Gasteiger partial charge < -0.3 is 5.32 Å². The van der Waals surface area contributed by atoms with Gasteiger partial charge in [-0.1, -0.05) is 23.7 Å². The molecule has 1 amide bonds. The number of nitrogens with zero attached hydrogens (tertiary/aromatic N) is 1. The maximum atomic E-state index is 13.6. The van der Waals surface area contributed by atoms with Gasteiger partial charge in [-0.25, -0.2) is 13.2 Å². The Balaban J connectivity index is 2.05. The molecular formula is C17H16ClF3N2O. The van der Waals surface area contributed by atoms with Crippen molar-refractivity contribution in [1.82, 2.24) is 4.90 Å². The van der Waals surface area contributed by atoms with Crippen LogP contribution in [0.5, 0.6) is 0 Å². The van der Waals surface area contributed by atoms with E-state index in [1.54, 1.807) is 37.1 Å². The molecule has 24 heavy (non-hydrogen) atoms. The molecule has 0 fully saturated rings. The summed E-state index contributed by atoms with van der Waals surface area (Å²) in [6, 6.07) is 8.29. The maximum Gasteiger partial charge on any atom is 0.241 e. The first-order valence-electron chi connectivity index (χ1n) is 7.18. The maximum absolute atomic E-state index is 13.6. The van der Waals surface area contributed by atoms with Crippen LogP contribution >= 0.6 is 11.6 Å². The van der Waals surface area contributed by atoms with Crippen LogP contribution in [0.1, 0.15) is 12.5 Å². The van der Waals surface area contributed by atoms with Crippen molar-refractivity contribution < 1.29 is 18.0 Å². The van der Waals surface area contributed by atoms with E-state index in [4.69, 9.17) is 11.6 Å². The lowest BCUT2D eigenvalue weighted by Crippen LogP contribution is -2.39. The smallest absolute Gasteiger partial charge is 0.241 e. The Morgan fingerprint density at radius 3 is 2.58 bits per heavy atom. The van der Waals surface area contributed by atoms with Gasteiger partial charge in [-0.15, -0.1) is 0 Å². The molecule has 2 aromatic carbocycles. The summed E-state index contributed by atoms with van der Waals surface area (Å²) in [4.78, 5) is 13.9. The summed E-state index contributed by atoms with van der Waals surface area (Å²) in [5.74, 6) is -4.89. The number of rotatable bonds is 5. The summed E-state index contributed by atoms with van der Waals surface area (Å²) in [7, 11) is 1.72. The second-order valence-electron chi connectivity index (χ2n) is 5.43. The van der Waals surface area contributed by atoms with Crippen LogP contribution in [0.15, 0.2) is 36.4 Å². The number of halogens is 4. The molecule has 128 valence electrons. The molecule has 0 aliphatic heterocycles. The van der Waals surface area contributed by atoms with E-state index in [1.165, 1.54) is 0 Å². The fourth-order valence-electron chi connectivity index (χ4n) is 2.12. The number of hydrogen-bond acceptors (Lipinski definition) is 2. The average molecular weight is 357 g/mol. The highest BCUT2D eigenvalue weighted by Crippen LogP contribution is 2.20. The molecule has 1 atom stereocenters. The van der Waals surface area contributed by atoms with Crippen LogP contribution in [-0.2, 0) is 11.3 Å². The minimum absolute atomic E-state index is 0.401. The van der Waals surface area contributed by atoms with Gasteiger partial charge in [0.1, 0.15) is 0 Å². The molecule has 3 nitrogen and oxygen atoms in total. The van der Waals surface area contributed by atoms with Gasteiger partial charge in [-0.2, -0.15) is 0 Å². The fourth-order valence-corrected chi connectivity index (χ4v) is 2.33. The van der Waals surface area contributed by atoms with E-state index in [2.05, 4.69) is 5.32 Å². The van der Waals surface area contributed by atoms with Gasteiger partial charge in [-0.3, -0.25) is 9.69 Å². The quantitative estimate of drug-likeness (QED) is 0.814. The molecule has 7 heteroatoms. The molecular weight excluding hydrogens is 341 g/mol. The zero-order valence-corrected chi connectivity index (χ0v) is 13.9. The minimum atomic E-state index is -1.62. The Kier molecular flexibility index (Phi) is 5.85. The van der Waals surface area contributed by atoms with Crippen LogP contribution in [0.2, 0.25) is 5.02 Å². The Morgan fingerprint density at radius 1 is 1.21 bits per heavy atom. The van der Waals surface area contributed by atoms with Gasteiger partial charge in [0.2, 0.25) is 5.91 Å². The zero-order chi connectivity index (χ0) is 17.9. The van der Waals surface area contributed by atoms with Gasteiger partial charge >= 0.3 is 0 Å². The van der Waals surface area contributed by atoms with E-state index in [0.29, 0.717) is 11.6 Å². The van der Waals surface area contributed by atoms with Crippen molar-refractivity contribution in [2.45, 2.75) is 19.5 Å². The fraction of sp³-hybridized carbons (Fsp3) is 0.235. The summed E-state index contributed by atoms with van der Waals surface area (Å²) < 4.78 is 39.7. The van der Waals surface area contributed by atoms with Crippen molar-refractivity contribution in [2.24, 2.45) is 0 Å². The van der Waals surface area contributed by atoms with Crippen molar-refractivity contribution in [3.63, 3.8) is 0 Å². The molecule has 2 rings (SSSR count). The summed E-state index contributed by atoms with van der Waals surface area (Å²) in [5.41, 5.74) is 0.505. The van der Waals surface area contributed by atoms with Gasteiger partial charge in [0.15, 0.2) is 17.5 Å². The topological polar surface area (TPSA) is 32.3 Å². The van der Waals surface area contributed by atoms with Crippen molar-refractivity contribution in [3.8, 4) is 0 Å². The molecule has 0 spiro atoms. The monoisotopic (exact) mass is 356 g/mol. The number of amides is 1. The van der Waals surface area contributed by atoms with Crippen molar-refractivity contribution in [1.29, 1.82) is 0 Å². The predicted octanol–water partition coefficient (Wildman–Crippen LogP) is 4.22. The van der Waals surface area contributed by atoms with Crippen LogP contribution in [-0.4, -0.2) is 23.9 Å². The van der Waals surface area contributed by atoms with E-state index in [-0.39, 0.29) is 0 Å².